The van der Waals surface area contributed by atoms with Gasteiger partial charge >= 0.3 is 5.97 Å². The van der Waals surface area contributed by atoms with Crippen molar-refractivity contribution in [2.45, 2.75) is 26.8 Å². The Bertz CT molecular complexity index is 171. The van der Waals surface area contributed by atoms with E-state index in [1.165, 1.54) is 0 Å². The number of hydrogen-bond donors (Lipinski definition) is 2. The third kappa shape index (κ3) is 5.16. The van der Waals surface area contributed by atoms with Gasteiger partial charge in [0.15, 0.2) is 0 Å². The van der Waals surface area contributed by atoms with Crippen molar-refractivity contribution < 1.29 is 9.90 Å². The lowest BCUT2D eigenvalue weighted by Gasteiger charge is -2.22. The van der Waals surface area contributed by atoms with E-state index in [1.807, 2.05) is 6.26 Å². The van der Waals surface area contributed by atoms with Crippen molar-refractivity contribution >= 4 is 17.7 Å². The smallest absolute Gasteiger partial charge is 0.310 e. The average Bonchev–Trinajstić information content (AvgIpc) is 2.01. The van der Waals surface area contributed by atoms with Crippen LogP contribution in [0.3, 0.4) is 0 Å². The molecule has 0 aliphatic rings. The molecule has 1 atom stereocenters. The topological polar surface area (TPSA) is 49.3 Å². The van der Waals surface area contributed by atoms with Gasteiger partial charge in [0.2, 0.25) is 0 Å². The van der Waals surface area contributed by atoms with Gasteiger partial charge in [0, 0.05) is 18.3 Å². The van der Waals surface area contributed by atoms with Gasteiger partial charge in [-0.3, -0.25) is 4.79 Å². The number of carboxylic acid groups (broad SMARTS) is 1. The molecule has 78 valence electrons. The van der Waals surface area contributed by atoms with E-state index in [0.717, 1.165) is 5.75 Å². The molecule has 0 bridgehead atoms. The maximum Gasteiger partial charge on any atom is 0.310 e. The van der Waals surface area contributed by atoms with Crippen LogP contribution in [0.4, 0.5) is 0 Å². The molecular weight excluding hydrogens is 186 g/mol. The Balaban J connectivity index is 3.80. The quantitative estimate of drug-likeness (QED) is 0.689. The van der Waals surface area contributed by atoms with Crippen LogP contribution < -0.4 is 5.32 Å². The molecule has 0 aromatic rings. The molecule has 3 nitrogen and oxygen atoms in total. The maximum absolute atomic E-state index is 10.7. The summed E-state index contributed by atoms with van der Waals surface area (Å²) in [4.78, 5) is 10.7. The van der Waals surface area contributed by atoms with Gasteiger partial charge in [0.05, 0.1) is 5.41 Å². The lowest BCUT2D eigenvalue weighted by molar-refractivity contribution is -0.146. The zero-order valence-corrected chi connectivity index (χ0v) is 9.57. The van der Waals surface area contributed by atoms with Crippen LogP contribution in [0, 0.1) is 5.41 Å². The lowest BCUT2D eigenvalue weighted by Crippen LogP contribution is -2.40. The van der Waals surface area contributed by atoms with E-state index in [0.29, 0.717) is 12.6 Å². The molecule has 1 unspecified atom stereocenters. The number of hydrogen-bond acceptors (Lipinski definition) is 3. The summed E-state index contributed by atoms with van der Waals surface area (Å²) in [7, 11) is 0. The minimum absolute atomic E-state index is 0.369. The number of nitrogens with one attached hydrogen (secondary N) is 1. The van der Waals surface area contributed by atoms with Crippen LogP contribution in [0.5, 0.6) is 0 Å². The van der Waals surface area contributed by atoms with E-state index in [4.69, 9.17) is 5.11 Å². The highest BCUT2D eigenvalue weighted by Crippen LogP contribution is 2.13. The molecule has 0 aliphatic carbocycles. The van der Waals surface area contributed by atoms with Crippen molar-refractivity contribution in [1.29, 1.82) is 0 Å². The van der Waals surface area contributed by atoms with Crippen LogP contribution in [0.25, 0.3) is 0 Å². The summed E-state index contributed by atoms with van der Waals surface area (Å²) < 4.78 is 0. The Kier molecular flexibility index (Phi) is 5.40. The fraction of sp³-hybridized carbons (Fsp3) is 0.889. The van der Waals surface area contributed by atoms with Gasteiger partial charge in [-0.15, -0.1) is 0 Å². The Morgan fingerprint density at radius 3 is 2.54 bits per heavy atom. The molecule has 0 rings (SSSR count). The molecule has 0 saturated heterocycles. The number of carboxylic acids is 1. The van der Waals surface area contributed by atoms with Crippen LogP contribution in [0.1, 0.15) is 20.8 Å². The third-order valence-electron chi connectivity index (χ3n) is 1.89. The summed E-state index contributed by atoms with van der Waals surface area (Å²) in [6, 6.07) is 0.369. The van der Waals surface area contributed by atoms with Gasteiger partial charge in [-0.25, -0.2) is 0 Å². The zero-order chi connectivity index (χ0) is 10.5. The molecule has 0 radical (unpaired) electrons. The van der Waals surface area contributed by atoms with Crippen LogP contribution >= 0.6 is 11.8 Å². The van der Waals surface area contributed by atoms with E-state index in [-0.39, 0.29) is 0 Å². The molecule has 0 amide bonds. The van der Waals surface area contributed by atoms with Gasteiger partial charge in [0.1, 0.15) is 0 Å². The second-order valence-electron chi connectivity index (χ2n) is 3.93. The van der Waals surface area contributed by atoms with Gasteiger partial charge in [-0.05, 0) is 27.0 Å². The summed E-state index contributed by atoms with van der Waals surface area (Å²) in [6.45, 7) is 6.04. The largest absolute Gasteiger partial charge is 0.481 e. The van der Waals surface area contributed by atoms with Crippen LogP contribution in [-0.4, -0.2) is 35.7 Å². The molecule has 0 saturated carbocycles. The monoisotopic (exact) mass is 205 g/mol. The fourth-order valence-corrected chi connectivity index (χ4v) is 1.43. The Labute approximate surface area is 84.3 Å². The summed E-state index contributed by atoms with van der Waals surface area (Å²) in [6.07, 6.45) is 2.04. The first-order valence-corrected chi connectivity index (χ1v) is 5.75. The van der Waals surface area contributed by atoms with Crippen molar-refractivity contribution in [3.05, 3.63) is 0 Å². The molecule has 2 N–H and O–H groups in total. The summed E-state index contributed by atoms with van der Waals surface area (Å²) in [5.41, 5.74) is -0.674. The van der Waals surface area contributed by atoms with E-state index < -0.39 is 11.4 Å². The Morgan fingerprint density at radius 2 is 2.15 bits per heavy atom. The summed E-state index contributed by atoms with van der Waals surface area (Å²) in [5, 5.41) is 12.0. The van der Waals surface area contributed by atoms with E-state index in [1.54, 1.807) is 25.6 Å². The average molecular weight is 205 g/mol. The lowest BCUT2D eigenvalue weighted by atomic mass is 9.94. The second-order valence-corrected chi connectivity index (χ2v) is 4.84. The van der Waals surface area contributed by atoms with Gasteiger partial charge < -0.3 is 10.4 Å². The van der Waals surface area contributed by atoms with Crippen molar-refractivity contribution in [2.24, 2.45) is 5.41 Å². The zero-order valence-electron chi connectivity index (χ0n) is 8.76. The first-order valence-electron chi connectivity index (χ1n) is 4.36. The van der Waals surface area contributed by atoms with Crippen LogP contribution in [-0.2, 0) is 4.79 Å². The van der Waals surface area contributed by atoms with Crippen LogP contribution in [0.2, 0.25) is 0 Å². The molecular formula is C9H19NO2S. The normalized spacial score (nSPS) is 14.2. The van der Waals surface area contributed by atoms with E-state index in [2.05, 4.69) is 12.2 Å². The molecule has 0 fully saturated rings. The highest BCUT2D eigenvalue weighted by molar-refractivity contribution is 7.98. The number of aliphatic carboxylic acids is 1. The number of thioether (sulfide) groups is 1. The highest BCUT2D eigenvalue weighted by Gasteiger charge is 2.26. The third-order valence-corrected chi connectivity index (χ3v) is 2.72. The van der Waals surface area contributed by atoms with Gasteiger partial charge in [0.25, 0.3) is 0 Å². The van der Waals surface area contributed by atoms with Crippen LogP contribution in [0.15, 0.2) is 0 Å². The molecule has 0 aromatic carbocycles. The van der Waals surface area contributed by atoms with Crippen molar-refractivity contribution in [3.63, 3.8) is 0 Å². The molecule has 13 heavy (non-hydrogen) atoms. The summed E-state index contributed by atoms with van der Waals surface area (Å²) >= 11 is 1.76. The fourth-order valence-electron chi connectivity index (χ4n) is 0.814. The molecule has 0 aromatic heterocycles. The predicted molar refractivity (Wildman–Crippen MR) is 57.3 cm³/mol. The maximum atomic E-state index is 10.7. The van der Waals surface area contributed by atoms with Gasteiger partial charge in [-0.2, -0.15) is 11.8 Å². The van der Waals surface area contributed by atoms with Crippen molar-refractivity contribution in [2.75, 3.05) is 18.6 Å². The minimum Gasteiger partial charge on any atom is -0.481 e. The van der Waals surface area contributed by atoms with Gasteiger partial charge in [-0.1, -0.05) is 0 Å². The molecule has 0 heterocycles. The number of rotatable bonds is 6. The minimum atomic E-state index is -0.753. The predicted octanol–water partition coefficient (Wildman–Crippen LogP) is 1.44. The molecule has 0 spiro atoms. The SMILES string of the molecule is CSCC(C)NCC(C)(C)C(=O)O. The first-order chi connectivity index (χ1) is 5.90. The molecule has 0 aliphatic heterocycles. The Morgan fingerprint density at radius 1 is 1.62 bits per heavy atom. The highest BCUT2D eigenvalue weighted by atomic mass is 32.2. The second kappa shape index (κ2) is 5.50. The van der Waals surface area contributed by atoms with Crippen molar-refractivity contribution in [1.82, 2.24) is 5.32 Å². The van der Waals surface area contributed by atoms with E-state index >= 15 is 0 Å². The summed E-state index contributed by atoms with van der Waals surface area (Å²) in [5.74, 6) is 0.256. The number of carbonyl (C=O) groups is 1. The first kappa shape index (κ1) is 12.8. The molecule has 4 heteroatoms. The standard InChI is InChI=1S/C9H19NO2S/c1-7(5-13-4)10-6-9(2,3)8(11)12/h7,10H,5-6H2,1-4H3,(H,11,12). The Hall–Kier alpha value is -0.220. The van der Waals surface area contributed by atoms with E-state index in [9.17, 15) is 4.79 Å². The van der Waals surface area contributed by atoms with Crippen molar-refractivity contribution in [3.8, 4) is 0 Å².